The molecule has 22 nitrogen and oxygen atoms in total. The highest BCUT2D eigenvalue weighted by molar-refractivity contribution is 6.12. The Hall–Kier alpha value is -20.9. The minimum Gasteiger partial charge on any atom is -0.298 e. The highest BCUT2D eigenvalue weighted by atomic mass is 15.1. The fourth-order valence-corrected chi connectivity index (χ4v) is 19.6. The van der Waals surface area contributed by atoms with Gasteiger partial charge in [-0.3, -0.25) is 33.1 Å². The highest BCUT2D eigenvalue weighted by Crippen LogP contribution is 2.42. The van der Waals surface area contributed by atoms with Gasteiger partial charge in [-0.2, -0.15) is 0 Å². The molecule has 0 spiro atoms. The minimum absolute atomic E-state index is 0.556. The Balaban J connectivity index is 0.000000111. The average molecular weight is 1910 g/mol. The lowest BCUT2D eigenvalue weighted by molar-refractivity contribution is 1.07. The summed E-state index contributed by atoms with van der Waals surface area (Å²) in [4.78, 5) is 91.5. The monoisotopic (exact) mass is 1910 g/mol. The van der Waals surface area contributed by atoms with Crippen LogP contribution in [0.15, 0.2) is 475 Å². The molecule has 0 aliphatic carbocycles. The van der Waals surface area contributed by atoms with Gasteiger partial charge in [0.2, 0.25) is 0 Å². The van der Waals surface area contributed by atoms with Crippen molar-refractivity contribution in [2.24, 2.45) is 0 Å². The van der Waals surface area contributed by atoms with Gasteiger partial charge in [0.1, 0.15) is 33.5 Å². The van der Waals surface area contributed by atoms with Gasteiger partial charge in [-0.25, -0.2) is 74.8 Å². The van der Waals surface area contributed by atoms with Crippen LogP contribution in [0.4, 0.5) is 0 Å². The molecule has 0 aliphatic rings. The zero-order chi connectivity index (χ0) is 98.6. The Kier molecular flexibility index (Phi) is 21.9. The molecule has 0 N–H and O–H groups in total. The van der Waals surface area contributed by atoms with Crippen LogP contribution in [-0.4, -0.2) is 108 Å². The summed E-state index contributed by atoms with van der Waals surface area (Å²) < 4.78 is 6.39. The SMILES string of the molecule is c1cc(-c2ccc(-c3nc(-c4ccc5ccccc5c4)nc(-c4ccc5ccccc5c4)n3)cc2)cc(-c2nc3ccccc3c3nc4ccccn4c23)c1.c1cncc(-c2nc(-c3ccc(-c4cccc(-c5nc6ccccc6c6nc7ccccn7c56)c4)cc3)nc(-c3cccnc3)n2)c1.c1cncc(-c2nc(-c3ccncc3)nc(-c3ccc(-c4cccc(-c5nc6ccccc6c6nc7ccccn7c56)c4)cc3)n2)c1. The molecule has 16 heterocycles. The van der Waals surface area contributed by atoms with Crippen LogP contribution >= 0.6 is 0 Å². The molecule has 0 saturated heterocycles. The first-order chi connectivity index (χ1) is 73.8. The molecule has 149 heavy (non-hydrogen) atoms. The van der Waals surface area contributed by atoms with E-state index in [1.807, 2.05) is 176 Å². The average Bonchev–Trinajstić information content (AvgIpc) is 1.58. The van der Waals surface area contributed by atoms with E-state index in [2.05, 4.69) is 282 Å². The summed E-state index contributed by atoms with van der Waals surface area (Å²) in [6.07, 6.45) is 20.1. The maximum atomic E-state index is 5.20. The second-order valence-corrected chi connectivity index (χ2v) is 36.1. The lowest BCUT2D eigenvalue weighted by Gasteiger charge is -2.11. The van der Waals surface area contributed by atoms with E-state index in [4.69, 9.17) is 74.8 Å². The van der Waals surface area contributed by atoms with E-state index in [-0.39, 0.29) is 0 Å². The molecule has 0 amide bonds. The molecule has 0 fully saturated rings. The normalized spacial score (nSPS) is 11.5. The largest absolute Gasteiger partial charge is 0.298 e. The van der Waals surface area contributed by atoms with Crippen LogP contribution in [0.25, 0.3) is 274 Å². The molecule has 29 rings (SSSR count). The molecule has 22 heteroatoms. The molecule has 0 aliphatic heterocycles. The van der Waals surface area contributed by atoms with Crippen LogP contribution in [0, 0.1) is 0 Å². The molecule has 16 aromatic heterocycles. The van der Waals surface area contributed by atoms with E-state index >= 15 is 0 Å². The number of benzene rings is 13. The quantitative estimate of drug-likeness (QED) is 0.0923. The third kappa shape index (κ3) is 16.7. The predicted octanol–water partition coefficient (Wildman–Crippen LogP) is 28.6. The van der Waals surface area contributed by atoms with E-state index in [9.17, 15) is 0 Å². The van der Waals surface area contributed by atoms with Crippen molar-refractivity contribution < 1.29 is 0 Å². The van der Waals surface area contributed by atoms with E-state index in [1.54, 1.807) is 49.6 Å². The van der Waals surface area contributed by atoms with Crippen LogP contribution in [-0.2, 0) is 0 Å². The molecule has 696 valence electrons. The number of para-hydroxylation sites is 3. The topological polar surface area (TPSA) is 258 Å². The number of imidazole rings is 3. The van der Waals surface area contributed by atoms with Gasteiger partial charge in [0, 0.05) is 151 Å². The summed E-state index contributed by atoms with van der Waals surface area (Å²) in [5.74, 6) is 5.31. The third-order valence-electron chi connectivity index (χ3n) is 26.9. The van der Waals surface area contributed by atoms with E-state index in [0.717, 1.165) is 211 Å². The van der Waals surface area contributed by atoms with Gasteiger partial charge in [-0.05, 0) is 188 Å². The third-order valence-corrected chi connectivity index (χ3v) is 26.9. The second-order valence-electron chi connectivity index (χ2n) is 36.1. The lowest BCUT2D eigenvalue weighted by atomic mass is 9.99. The lowest BCUT2D eigenvalue weighted by Crippen LogP contribution is -2.00. The van der Waals surface area contributed by atoms with Gasteiger partial charge >= 0.3 is 0 Å². The van der Waals surface area contributed by atoms with E-state index < -0.39 is 0 Å². The van der Waals surface area contributed by atoms with Crippen LogP contribution in [0.5, 0.6) is 0 Å². The number of hydrogen-bond acceptors (Lipinski definition) is 19. The highest BCUT2D eigenvalue weighted by Gasteiger charge is 2.25. The second kappa shape index (κ2) is 37.5. The molecule has 0 bridgehead atoms. The number of hydrogen-bond donors (Lipinski definition) is 0. The van der Waals surface area contributed by atoms with Crippen molar-refractivity contribution in [3.8, 4) is 170 Å². The van der Waals surface area contributed by atoms with Crippen molar-refractivity contribution in [3.63, 3.8) is 0 Å². The maximum absolute atomic E-state index is 5.20. The van der Waals surface area contributed by atoms with Crippen molar-refractivity contribution in [1.82, 2.24) is 108 Å². The number of fused-ring (bicyclic) bond motifs is 17. The zero-order valence-corrected chi connectivity index (χ0v) is 79.4. The maximum Gasteiger partial charge on any atom is 0.165 e. The van der Waals surface area contributed by atoms with E-state index in [0.29, 0.717) is 52.4 Å². The van der Waals surface area contributed by atoms with Crippen molar-refractivity contribution >= 4 is 104 Å². The first-order valence-corrected chi connectivity index (χ1v) is 48.8. The van der Waals surface area contributed by atoms with Crippen molar-refractivity contribution in [3.05, 3.63) is 475 Å². The summed E-state index contributed by atoms with van der Waals surface area (Å²) in [6.45, 7) is 0. The molecule has 29 aromatic rings. The molecule has 0 unspecified atom stereocenters. The Morgan fingerprint density at radius 2 is 0.409 bits per heavy atom. The zero-order valence-electron chi connectivity index (χ0n) is 79.4. The van der Waals surface area contributed by atoms with Gasteiger partial charge in [0.05, 0.1) is 50.2 Å². The number of rotatable bonds is 15. The van der Waals surface area contributed by atoms with Crippen LogP contribution in [0.2, 0.25) is 0 Å². The summed E-state index contributed by atoms with van der Waals surface area (Å²) in [5.41, 5.74) is 31.4. The number of aromatic nitrogens is 22. The molecule has 13 aromatic carbocycles. The van der Waals surface area contributed by atoms with Gasteiger partial charge in [0.15, 0.2) is 52.4 Å². The minimum atomic E-state index is 0.556. The van der Waals surface area contributed by atoms with Crippen LogP contribution in [0.3, 0.4) is 0 Å². The molecular weight excluding hydrogens is 1830 g/mol. The van der Waals surface area contributed by atoms with Gasteiger partial charge in [-0.1, -0.05) is 273 Å². The van der Waals surface area contributed by atoms with E-state index in [1.165, 1.54) is 10.8 Å². The standard InChI is InChI=1S/C49H30N6.2C39H24N8/c1-3-12-35-29-39(25-21-31(35)10-1)48-52-47(53-49(54-48)40-26-22-32-11-2-4-13-36(32)30-40)34-23-19-33(20-24-34)37-14-9-15-38(28-37)44-46-45(41-16-5-6-17-42(41)50-44)51-43-18-7-8-27-55(43)46;1-2-13-32-31(12-1)35-36(47-21-4-3-14-33(47)43-35)34(42-32)28-9-5-8-27(22-28)25-15-17-26(18-16-25)37-44-38(29-10-6-19-40-23-29)46-39(45-37)30-11-7-20-41-24-30;1-2-11-32-31(10-1)35-36(47-22-4-3-12-33(47)43-35)34(42-32)29-8-5-7-28(23-29)25-13-15-26(16-14-25)37-44-38(27-17-20-40-21-18-27)46-39(45-37)30-9-6-19-41-24-30/h1-30H;2*1-24H. The number of pyridine rings is 10. The fraction of sp³-hybridized carbons (Fsp3) is 0. The molecule has 0 saturated carbocycles. The first-order valence-electron chi connectivity index (χ1n) is 48.8. The summed E-state index contributed by atoms with van der Waals surface area (Å²) in [7, 11) is 0. The van der Waals surface area contributed by atoms with Crippen LogP contribution < -0.4 is 0 Å². The molecule has 0 atom stereocenters. The Bertz CT molecular complexity index is 9670. The van der Waals surface area contributed by atoms with Gasteiger partial charge in [-0.15, -0.1) is 0 Å². The summed E-state index contributed by atoms with van der Waals surface area (Å²) >= 11 is 0. The Morgan fingerprint density at radius 1 is 0.148 bits per heavy atom. The number of nitrogens with zero attached hydrogens (tertiary/aromatic N) is 22. The van der Waals surface area contributed by atoms with Crippen molar-refractivity contribution in [2.45, 2.75) is 0 Å². The molecule has 0 radical (unpaired) electrons. The van der Waals surface area contributed by atoms with Crippen molar-refractivity contribution in [2.75, 3.05) is 0 Å². The molecular formula is C127H78N22. The Morgan fingerprint density at radius 3 is 0.732 bits per heavy atom. The Labute approximate surface area is 850 Å². The predicted molar refractivity (Wildman–Crippen MR) is 592 cm³/mol. The summed E-state index contributed by atoms with van der Waals surface area (Å²) in [6, 6.07) is 138. The smallest absolute Gasteiger partial charge is 0.165 e. The fourth-order valence-electron chi connectivity index (χ4n) is 19.6. The van der Waals surface area contributed by atoms with Crippen LogP contribution in [0.1, 0.15) is 0 Å². The van der Waals surface area contributed by atoms with Gasteiger partial charge < -0.3 is 0 Å². The van der Waals surface area contributed by atoms with Gasteiger partial charge in [0.25, 0.3) is 0 Å². The van der Waals surface area contributed by atoms with Crippen molar-refractivity contribution in [1.29, 1.82) is 0 Å². The first kappa shape index (κ1) is 87.1. The summed E-state index contributed by atoms with van der Waals surface area (Å²) in [5, 5.41) is 7.76.